The first-order valence-corrected chi connectivity index (χ1v) is 6.04. The first kappa shape index (κ1) is 12.7. The van der Waals surface area contributed by atoms with Gasteiger partial charge in [-0.15, -0.1) is 0 Å². The average Bonchev–Trinajstić information content (AvgIpc) is 2.45. The van der Waals surface area contributed by atoms with Crippen molar-refractivity contribution in [1.82, 2.24) is 5.32 Å². The molecular weight excluding hydrogens is 186 g/mol. The second-order valence-corrected chi connectivity index (χ2v) is 4.75. The lowest BCUT2D eigenvalue weighted by Crippen LogP contribution is -2.51. The lowest BCUT2D eigenvalue weighted by molar-refractivity contribution is -0.0417. The molecule has 0 saturated heterocycles. The van der Waals surface area contributed by atoms with Crippen LogP contribution in [0, 0.1) is 0 Å². The Morgan fingerprint density at radius 1 is 1.27 bits per heavy atom. The smallest absolute Gasteiger partial charge is 0.0868 e. The molecule has 1 aliphatic carbocycles. The highest BCUT2D eigenvalue weighted by Gasteiger charge is 2.38. The van der Waals surface area contributed by atoms with Gasteiger partial charge in [-0.3, -0.25) is 0 Å². The highest BCUT2D eigenvalue weighted by atomic mass is 16.5. The molecular formula is C13H25NO. The van der Waals surface area contributed by atoms with E-state index < -0.39 is 0 Å². The Morgan fingerprint density at radius 3 is 2.13 bits per heavy atom. The van der Waals surface area contributed by atoms with E-state index in [-0.39, 0.29) is 5.60 Å². The molecule has 0 aromatic carbocycles. The number of likely N-dealkylation sites (N-methyl/N-ethyl adjacent to an activating group) is 1. The predicted molar refractivity (Wildman–Crippen MR) is 65.1 cm³/mol. The van der Waals surface area contributed by atoms with Gasteiger partial charge in [0.15, 0.2) is 0 Å². The van der Waals surface area contributed by atoms with Crippen LogP contribution < -0.4 is 5.32 Å². The van der Waals surface area contributed by atoms with Gasteiger partial charge in [-0.2, -0.15) is 0 Å². The zero-order valence-corrected chi connectivity index (χ0v) is 10.4. The minimum atomic E-state index is -0.0168. The van der Waals surface area contributed by atoms with E-state index >= 15 is 0 Å². The molecule has 0 spiro atoms. The fraction of sp³-hybridized carbons (Fsp3) is 0.846. The lowest BCUT2D eigenvalue weighted by Gasteiger charge is -2.39. The molecule has 1 saturated carbocycles. The fourth-order valence-electron chi connectivity index (χ4n) is 2.90. The van der Waals surface area contributed by atoms with E-state index in [2.05, 4.69) is 18.8 Å². The minimum absolute atomic E-state index is 0.0168. The highest BCUT2D eigenvalue weighted by molar-refractivity contribution is 5.12. The van der Waals surface area contributed by atoms with Gasteiger partial charge in [0.25, 0.3) is 0 Å². The molecule has 1 rings (SSSR count). The summed E-state index contributed by atoms with van der Waals surface area (Å²) < 4.78 is 5.85. The van der Waals surface area contributed by atoms with E-state index in [0.29, 0.717) is 6.04 Å². The maximum Gasteiger partial charge on any atom is 0.0868 e. The maximum atomic E-state index is 5.85. The normalized spacial score (nSPS) is 23.1. The first-order valence-electron chi connectivity index (χ1n) is 6.04. The van der Waals surface area contributed by atoms with Gasteiger partial charge < -0.3 is 10.1 Å². The first-order chi connectivity index (χ1) is 7.16. The highest BCUT2D eigenvalue weighted by Crippen LogP contribution is 2.34. The summed E-state index contributed by atoms with van der Waals surface area (Å²) in [6.07, 6.45) is 7.55. The molecule has 1 unspecified atom stereocenters. The van der Waals surface area contributed by atoms with Crippen molar-refractivity contribution in [3.8, 4) is 0 Å². The van der Waals surface area contributed by atoms with Crippen molar-refractivity contribution in [3.63, 3.8) is 0 Å². The quantitative estimate of drug-likeness (QED) is 0.570. The molecule has 1 atom stereocenters. The Balaban J connectivity index is 2.83. The third kappa shape index (κ3) is 2.82. The van der Waals surface area contributed by atoms with Gasteiger partial charge in [0.05, 0.1) is 11.6 Å². The van der Waals surface area contributed by atoms with Crippen LogP contribution in [-0.4, -0.2) is 25.8 Å². The van der Waals surface area contributed by atoms with E-state index in [4.69, 9.17) is 4.74 Å². The zero-order valence-electron chi connectivity index (χ0n) is 10.4. The van der Waals surface area contributed by atoms with Crippen LogP contribution in [0.1, 0.15) is 45.4 Å². The fourth-order valence-corrected chi connectivity index (χ4v) is 2.90. The second kappa shape index (κ2) is 5.66. The lowest BCUT2D eigenvalue weighted by atomic mass is 9.83. The summed E-state index contributed by atoms with van der Waals surface area (Å²) in [5.74, 6) is 0. The number of methoxy groups -OCH3 is 1. The standard InChI is InChI=1S/C13H25NO/c1-11(2)12(14-3)13(15-4)9-7-5-6-8-10-13/h12,14H,1,5-10H2,2-4H3. The van der Waals surface area contributed by atoms with Crippen LogP contribution in [-0.2, 0) is 4.74 Å². The van der Waals surface area contributed by atoms with Crippen LogP contribution in [0.3, 0.4) is 0 Å². The Morgan fingerprint density at radius 2 is 1.80 bits per heavy atom. The third-order valence-electron chi connectivity index (χ3n) is 3.66. The maximum absolute atomic E-state index is 5.85. The number of nitrogens with one attached hydrogen (secondary N) is 1. The van der Waals surface area contributed by atoms with Gasteiger partial charge in [-0.25, -0.2) is 0 Å². The third-order valence-corrected chi connectivity index (χ3v) is 3.66. The molecule has 0 amide bonds. The van der Waals surface area contributed by atoms with Crippen molar-refractivity contribution >= 4 is 0 Å². The minimum Gasteiger partial charge on any atom is -0.376 e. The van der Waals surface area contributed by atoms with Crippen molar-refractivity contribution in [3.05, 3.63) is 12.2 Å². The molecule has 1 fully saturated rings. The number of ether oxygens (including phenoxy) is 1. The van der Waals surface area contributed by atoms with Crippen LogP contribution in [0.15, 0.2) is 12.2 Å². The van der Waals surface area contributed by atoms with E-state index in [1.807, 2.05) is 14.2 Å². The Hall–Kier alpha value is -0.340. The molecule has 2 heteroatoms. The Labute approximate surface area is 94.1 Å². The SMILES string of the molecule is C=C(C)C(NC)C1(OC)CCCCCC1. The van der Waals surface area contributed by atoms with Crippen molar-refractivity contribution in [2.45, 2.75) is 57.1 Å². The molecule has 15 heavy (non-hydrogen) atoms. The summed E-state index contributed by atoms with van der Waals surface area (Å²) in [5.41, 5.74) is 1.16. The van der Waals surface area contributed by atoms with Crippen LogP contribution in [0.2, 0.25) is 0 Å². The predicted octanol–water partition coefficient (Wildman–Crippen LogP) is 2.89. The topological polar surface area (TPSA) is 21.3 Å². The molecule has 1 N–H and O–H groups in total. The van der Waals surface area contributed by atoms with Crippen molar-refractivity contribution in [1.29, 1.82) is 0 Å². The molecule has 0 heterocycles. The summed E-state index contributed by atoms with van der Waals surface area (Å²) in [6.45, 7) is 6.17. The summed E-state index contributed by atoms with van der Waals surface area (Å²) in [5, 5.41) is 3.37. The zero-order chi connectivity index (χ0) is 11.3. The number of hydrogen-bond donors (Lipinski definition) is 1. The Bertz CT molecular complexity index is 205. The van der Waals surface area contributed by atoms with Gasteiger partial charge in [0.2, 0.25) is 0 Å². The monoisotopic (exact) mass is 211 g/mol. The van der Waals surface area contributed by atoms with E-state index in [1.165, 1.54) is 31.3 Å². The van der Waals surface area contributed by atoms with Crippen molar-refractivity contribution in [2.75, 3.05) is 14.2 Å². The number of rotatable bonds is 4. The van der Waals surface area contributed by atoms with Crippen LogP contribution in [0.4, 0.5) is 0 Å². The van der Waals surface area contributed by atoms with Crippen LogP contribution >= 0.6 is 0 Å². The largest absolute Gasteiger partial charge is 0.376 e. The molecule has 0 aromatic rings. The van der Waals surface area contributed by atoms with Crippen LogP contribution in [0.5, 0.6) is 0 Å². The average molecular weight is 211 g/mol. The van der Waals surface area contributed by atoms with Gasteiger partial charge in [-0.1, -0.05) is 37.8 Å². The van der Waals surface area contributed by atoms with Gasteiger partial charge in [0, 0.05) is 7.11 Å². The molecule has 88 valence electrons. The summed E-state index contributed by atoms with van der Waals surface area (Å²) >= 11 is 0. The van der Waals surface area contributed by atoms with Crippen LogP contribution in [0.25, 0.3) is 0 Å². The van der Waals surface area contributed by atoms with Gasteiger partial charge in [0.1, 0.15) is 0 Å². The summed E-state index contributed by atoms with van der Waals surface area (Å²) in [7, 11) is 3.85. The molecule has 0 radical (unpaired) electrons. The van der Waals surface area contributed by atoms with Crippen molar-refractivity contribution < 1.29 is 4.74 Å². The Kier molecular flexibility index (Phi) is 4.81. The molecule has 0 aliphatic heterocycles. The molecule has 1 aliphatic rings. The van der Waals surface area contributed by atoms with Crippen molar-refractivity contribution in [2.24, 2.45) is 0 Å². The summed E-state index contributed by atoms with van der Waals surface area (Å²) in [4.78, 5) is 0. The molecule has 0 aromatic heterocycles. The van der Waals surface area contributed by atoms with Gasteiger partial charge >= 0.3 is 0 Å². The second-order valence-electron chi connectivity index (χ2n) is 4.75. The van der Waals surface area contributed by atoms with E-state index in [9.17, 15) is 0 Å². The molecule has 2 nitrogen and oxygen atoms in total. The van der Waals surface area contributed by atoms with E-state index in [0.717, 1.165) is 12.8 Å². The number of hydrogen-bond acceptors (Lipinski definition) is 2. The summed E-state index contributed by atoms with van der Waals surface area (Å²) in [6, 6.07) is 0.292. The van der Waals surface area contributed by atoms with Gasteiger partial charge in [-0.05, 0) is 26.8 Å². The van der Waals surface area contributed by atoms with E-state index in [1.54, 1.807) is 0 Å². The molecule has 0 bridgehead atoms.